The topological polar surface area (TPSA) is 109 Å². The summed E-state index contributed by atoms with van der Waals surface area (Å²) in [7, 11) is 0. The van der Waals surface area contributed by atoms with Crippen LogP contribution in [0.25, 0.3) is 11.8 Å². The molecule has 3 aromatic heterocycles. The van der Waals surface area contributed by atoms with Gasteiger partial charge in [0.25, 0.3) is 5.56 Å². The van der Waals surface area contributed by atoms with Crippen molar-refractivity contribution in [3.05, 3.63) is 126 Å². The van der Waals surface area contributed by atoms with Gasteiger partial charge >= 0.3 is 5.97 Å². The fourth-order valence-corrected chi connectivity index (χ4v) is 7.03. The van der Waals surface area contributed by atoms with E-state index in [1.807, 2.05) is 68.4 Å². The second kappa shape index (κ2) is 13.4. The van der Waals surface area contributed by atoms with Gasteiger partial charge in [-0.25, -0.2) is 19.8 Å². The van der Waals surface area contributed by atoms with E-state index in [9.17, 15) is 9.59 Å². The zero-order chi connectivity index (χ0) is 31.5. The van der Waals surface area contributed by atoms with Gasteiger partial charge in [-0.2, -0.15) is 0 Å². The number of ether oxygens (including phenoxy) is 2. The number of hydrogen-bond donors (Lipinski definition) is 0. The van der Waals surface area contributed by atoms with Gasteiger partial charge in [0, 0.05) is 24.0 Å². The average Bonchev–Trinajstić information content (AvgIpc) is 3.54. The Labute approximate surface area is 275 Å². The molecule has 2 aromatic carbocycles. The summed E-state index contributed by atoms with van der Waals surface area (Å²) in [5, 5.41) is 1.08. The highest BCUT2D eigenvalue weighted by molar-refractivity contribution is 9.10. The third kappa shape index (κ3) is 6.58. The summed E-state index contributed by atoms with van der Waals surface area (Å²) >= 11 is 6.02. The number of fused-ring (bicyclic) bond motifs is 1. The van der Waals surface area contributed by atoms with E-state index in [-0.39, 0.29) is 23.8 Å². The molecule has 0 bridgehead atoms. The smallest absolute Gasteiger partial charge is 0.338 e. The first-order chi connectivity index (χ1) is 21.8. The highest BCUT2D eigenvalue weighted by atomic mass is 79.9. The summed E-state index contributed by atoms with van der Waals surface area (Å²) in [4.78, 5) is 41.7. The Morgan fingerprint density at radius 1 is 1.11 bits per heavy atom. The van der Waals surface area contributed by atoms with Crippen molar-refractivity contribution < 1.29 is 18.7 Å². The summed E-state index contributed by atoms with van der Waals surface area (Å²) < 4.78 is 20.1. The molecule has 0 amide bonds. The van der Waals surface area contributed by atoms with Crippen molar-refractivity contribution in [2.24, 2.45) is 4.99 Å². The summed E-state index contributed by atoms with van der Waals surface area (Å²) in [6.07, 6.45) is 4.98. The lowest BCUT2D eigenvalue weighted by Gasteiger charge is -2.26. The lowest BCUT2D eigenvalue weighted by Crippen LogP contribution is -2.40. The Hall–Kier alpha value is -4.26. The van der Waals surface area contributed by atoms with Gasteiger partial charge in [0.2, 0.25) is 0 Å². The quantitative estimate of drug-likeness (QED) is 0.136. The molecule has 0 fully saturated rings. The molecule has 0 aliphatic carbocycles. The number of halogens is 1. The predicted molar refractivity (Wildman–Crippen MR) is 176 cm³/mol. The van der Waals surface area contributed by atoms with Gasteiger partial charge in [-0.3, -0.25) is 9.36 Å². The number of rotatable bonds is 9. The molecule has 0 saturated heterocycles. The van der Waals surface area contributed by atoms with Crippen molar-refractivity contribution in [2.75, 3.05) is 6.61 Å². The number of carbonyl (C=O) groups excluding carboxylic acids is 1. The molecule has 1 aliphatic rings. The molecule has 12 heteroatoms. The van der Waals surface area contributed by atoms with Crippen LogP contribution in [0.4, 0.5) is 0 Å². The lowest BCUT2D eigenvalue weighted by molar-refractivity contribution is -0.138. The number of benzene rings is 2. The van der Waals surface area contributed by atoms with Gasteiger partial charge in [0.15, 0.2) is 15.1 Å². The summed E-state index contributed by atoms with van der Waals surface area (Å²) in [5.74, 6) is 0.607. The molecular formula is C33H27BrN4O5S2. The third-order valence-corrected chi connectivity index (χ3v) is 9.33. The average molecular weight is 704 g/mol. The fraction of sp³-hybridized carbons (Fsp3) is 0.182. The van der Waals surface area contributed by atoms with Gasteiger partial charge in [-0.05, 0) is 78.3 Å². The Bertz CT molecular complexity index is 2050. The van der Waals surface area contributed by atoms with E-state index in [2.05, 4.69) is 25.9 Å². The maximum Gasteiger partial charge on any atom is 0.338 e. The Morgan fingerprint density at radius 3 is 2.53 bits per heavy atom. The molecule has 4 heterocycles. The molecular weight excluding hydrogens is 676 g/mol. The molecule has 0 unspecified atom stereocenters. The molecule has 9 nitrogen and oxygen atoms in total. The largest absolute Gasteiger partial charge is 0.491 e. The second-order valence-corrected chi connectivity index (χ2v) is 12.9. The van der Waals surface area contributed by atoms with Gasteiger partial charge in [0.05, 0.1) is 39.0 Å². The van der Waals surface area contributed by atoms with Crippen LogP contribution in [0.15, 0.2) is 114 Å². The van der Waals surface area contributed by atoms with Crippen molar-refractivity contribution in [1.29, 1.82) is 0 Å². The number of hydrogen-bond acceptors (Lipinski definition) is 10. The molecule has 6 rings (SSSR count). The van der Waals surface area contributed by atoms with Gasteiger partial charge < -0.3 is 13.9 Å². The van der Waals surface area contributed by atoms with Crippen LogP contribution in [0.2, 0.25) is 0 Å². The molecule has 1 aliphatic heterocycles. The standard InChI is InChI=1S/C33H27BrN4O5S2/c1-4-41-30(40)26-27(20-9-6-5-7-10-20)37-33-38(28(26)21-11-13-22(14-12-21)42-19(2)3)29(39)25(44-33)18-23-17-24(34)31(43-23)45-32-35-15-8-16-36-32/h5-19,28H,4H2,1-3H3/b25-18-/t28-/m1/s1. The van der Waals surface area contributed by atoms with Crippen LogP contribution >= 0.6 is 39.0 Å². The minimum atomic E-state index is -0.796. The van der Waals surface area contributed by atoms with E-state index in [1.165, 1.54) is 23.1 Å². The highest BCUT2D eigenvalue weighted by Crippen LogP contribution is 2.36. The molecule has 0 radical (unpaired) electrons. The number of esters is 1. The van der Waals surface area contributed by atoms with E-state index in [4.69, 9.17) is 18.9 Å². The minimum absolute atomic E-state index is 0.00559. The van der Waals surface area contributed by atoms with Gasteiger partial charge in [-0.1, -0.05) is 53.8 Å². The zero-order valence-electron chi connectivity index (χ0n) is 24.5. The number of thiazole rings is 1. The minimum Gasteiger partial charge on any atom is -0.491 e. The van der Waals surface area contributed by atoms with E-state index in [1.54, 1.807) is 42.1 Å². The molecule has 228 valence electrons. The number of furan rings is 1. The van der Waals surface area contributed by atoms with Crippen molar-refractivity contribution >= 4 is 56.8 Å². The Balaban J connectivity index is 1.52. The summed E-state index contributed by atoms with van der Waals surface area (Å²) in [6.45, 7) is 5.83. The monoisotopic (exact) mass is 702 g/mol. The van der Waals surface area contributed by atoms with Crippen molar-refractivity contribution in [2.45, 2.75) is 43.2 Å². The number of aromatic nitrogens is 3. The molecule has 0 spiro atoms. The van der Waals surface area contributed by atoms with Crippen LogP contribution in [0.1, 0.15) is 43.7 Å². The van der Waals surface area contributed by atoms with Crippen molar-refractivity contribution in [1.82, 2.24) is 14.5 Å². The first-order valence-corrected chi connectivity index (χ1v) is 16.5. The maximum atomic E-state index is 14.2. The van der Waals surface area contributed by atoms with Crippen LogP contribution in [-0.2, 0) is 9.53 Å². The number of nitrogens with zero attached hydrogens (tertiary/aromatic N) is 4. The van der Waals surface area contributed by atoms with E-state index < -0.39 is 12.0 Å². The van der Waals surface area contributed by atoms with Crippen LogP contribution in [0, 0.1) is 0 Å². The van der Waals surface area contributed by atoms with E-state index >= 15 is 0 Å². The van der Waals surface area contributed by atoms with E-state index in [0.29, 0.717) is 46.8 Å². The first-order valence-electron chi connectivity index (χ1n) is 14.1. The summed E-state index contributed by atoms with van der Waals surface area (Å²) in [5.41, 5.74) is 1.88. The van der Waals surface area contributed by atoms with Crippen molar-refractivity contribution in [3.8, 4) is 5.75 Å². The summed E-state index contributed by atoms with van der Waals surface area (Å²) in [6, 6.07) is 19.6. The molecule has 1 atom stereocenters. The predicted octanol–water partition coefficient (Wildman–Crippen LogP) is 6.02. The molecule has 0 saturated carbocycles. The van der Waals surface area contributed by atoms with Crippen LogP contribution in [-0.4, -0.2) is 33.2 Å². The molecule has 0 N–H and O–H groups in total. The maximum absolute atomic E-state index is 14.2. The first kappa shape index (κ1) is 30.8. The Morgan fingerprint density at radius 2 is 1.84 bits per heavy atom. The zero-order valence-corrected chi connectivity index (χ0v) is 27.7. The fourth-order valence-electron chi connectivity index (χ4n) is 4.82. The molecule has 5 aromatic rings. The van der Waals surface area contributed by atoms with Crippen LogP contribution < -0.4 is 19.6 Å². The van der Waals surface area contributed by atoms with E-state index in [0.717, 1.165) is 5.56 Å². The number of carbonyl (C=O) groups is 1. The Kier molecular flexibility index (Phi) is 9.15. The highest BCUT2D eigenvalue weighted by Gasteiger charge is 2.35. The van der Waals surface area contributed by atoms with Gasteiger partial charge in [0.1, 0.15) is 11.5 Å². The van der Waals surface area contributed by atoms with Gasteiger partial charge in [-0.15, -0.1) is 0 Å². The SMILES string of the molecule is CCOC(=O)C1=C(c2ccccc2)N=c2s/c(=C\c3cc(Br)c(Sc4ncccn4)o3)c(=O)n2[C@@H]1c1ccc(OC(C)C)cc1. The van der Waals surface area contributed by atoms with Crippen molar-refractivity contribution in [3.63, 3.8) is 0 Å². The van der Waals surface area contributed by atoms with Crippen LogP contribution in [0.5, 0.6) is 5.75 Å². The van der Waals surface area contributed by atoms with Crippen LogP contribution in [0.3, 0.4) is 0 Å². The normalized spacial score (nSPS) is 14.8. The lowest BCUT2D eigenvalue weighted by atomic mass is 9.93. The molecule has 45 heavy (non-hydrogen) atoms. The second-order valence-electron chi connectivity index (χ2n) is 10.1. The third-order valence-electron chi connectivity index (χ3n) is 6.62.